The molecule has 2 rings (SSSR count). The smallest absolute Gasteiger partial charge is 0.433 e. The third-order valence-electron chi connectivity index (χ3n) is 3.05. The second-order valence-corrected chi connectivity index (χ2v) is 6.85. The van der Waals surface area contributed by atoms with E-state index >= 15 is 0 Å². The van der Waals surface area contributed by atoms with Gasteiger partial charge in [-0.05, 0) is 36.3 Å². The van der Waals surface area contributed by atoms with E-state index < -0.39 is 28.9 Å². The van der Waals surface area contributed by atoms with Gasteiger partial charge in [-0.2, -0.15) is 13.2 Å². The van der Waals surface area contributed by atoms with Gasteiger partial charge in [0.1, 0.15) is 22.5 Å². The molecular formula is C15H12ClF4N3OS. The fourth-order valence-electron chi connectivity index (χ4n) is 1.92. The van der Waals surface area contributed by atoms with E-state index in [1.165, 1.54) is 25.3 Å². The number of aryl methyl sites for hydroxylation is 1. The third-order valence-corrected chi connectivity index (χ3v) is 4.79. The molecule has 134 valence electrons. The van der Waals surface area contributed by atoms with Crippen LogP contribution < -0.4 is 5.73 Å². The first kappa shape index (κ1) is 19.5. The van der Waals surface area contributed by atoms with E-state index in [0.29, 0.717) is 5.56 Å². The number of nitrogens with two attached hydrogens (primary N) is 1. The van der Waals surface area contributed by atoms with Gasteiger partial charge in [-0.15, -0.1) is 0 Å². The zero-order chi connectivity index (χ0) is 18.8. The number of aromatic nitrogens is 1. The molecule has 1 atom stereocenters. The maximum Gasteiger partial charge on any atom is 0.433 e. The summed E-state index contributed by atoms with van der Waals surface area (Å²) < 4.78 is 63.3. The zero-order valence-electron chi connectivity index (χ0n) is 12.8. The SMILES string of the molecule is Cc1cc(F)c(/N=C(\N)c2ccc(Cl)nc2)cc1[S+]([O-])CC(F)(F)F. The largest absolute Gasteiger partial charge is 0.611 e. The fourth-order valence-corrected chi connectivity index (χ4v) is 3.15. The van der Waals surface area contributed by atoms with Gasteiger partial charge in [-0.25, -0.2) is 14.4 Å². The molecule has 1 aromatic heterocycles. The van der Waals surface area contributed by atoms with Crippen LogP contribution in [0.1, 0.15) is 11.1 Å². The van der Waals surface area contributed by atoms with Crippen molar-refractivity contribution in [3.63, 3.8) is 0 Å². The maximum atomic E-state index is 14.1. The highest BCUT2D eigenvalue weighted by Crippen LogP contribution is 2.30. The Balaban J connectivity index is 2.39. The van der Waals surface area contributed by atoms with Gasteiger partial charge in [0, 0.05) is 23.4 Å². The Bertz CT molecular complexity index is 797. The predicted molar refractivity (Wildman–Crippen MR) is 88.1 cm³/mol. The van der Waals surface area contributed by atoms with Crippen LogP contribution in [0.25, 0.3) is 0 Å². The van der Waals surface area contributed by atoms with E-state index in [4.69, 9.17) is 17.3 Å². The molecule has 1 aromatic carbocycles. The second-order valence-electron chi connectivity index (χ2n) is 5.04. The quantitative estimate of drug-likeness (QED) is 0.281. The Hall–Kier alpha value is -1.84. The van der Waals surface area contributed by atoms with Gasteiger partial charge in [-0.3, -0.25) is 0 Å². The van der Waals surface area contributed by atoms with Crippen molar-refractivity contribution < 1.29 is 22.1 Å². The summed E-state index contributed by atoms with van der Waals surface area (Å²) in [5.74, 6) is -2.44. The topological polar surface area (TPSA) is 74.3 Å². The monoisotopic (exact) mass is 393 g/mol. The molecule has 0 saturated heterocycles. The van der Waals surface area contributed by atoms with Crippen LogP contribution in [0, 0.1) is 12.7 Å². The minimum Gasteiger partial charge on any atom is -0.611 e. The summed E-state index contributed by atoms with van der Waals surface area (Å²) >= 11 is 3.27. The molecule has 25 heavy (non-hydrogen) atoms. The van der Waals surface area contributed by atoms with Crippen LogP contribution in [0.2, 0.25) is 5.15 Å². The lowest BCUT2D eigenvalue weighted by atomic mass is 10.2. The molecule has 0 fully saturated rings. The Kier molecular flexibility index (Phi) is 5.91. The van der Waals surface area contributed by atoms with Gasteiger partial charge >= 0.3 is 6.18 Å². The maximum absolute atomic E-state index is 14.1. The third kappa shape index (κ3) is 5.32. The minimum absolute atomic E-state index is 0.112. The van der Waals surface area contributed by atoms with Gasteiger partial charge in [-0.1, -0.05) is 11.6 Å². The number of rotatable bonds is 4. The molecule has 1 heterocycles. The van der Waals surface area contributed by atoms with Crippen LogP contribution in [-0.4, -0.2) is 27.3 Å². The molecule has 0 aliphatic carbocycles. The van der Waals surface area contributed by atoms with Crippen LogP contribution in [0.4, 0.5) is 23.2 Å². The van der Waals surface area contributed by atoms with Crippen LogP contribution >= 0.6 is 11.6 Å². The van der Waals surface area contributed by atoms with Crippen molar-refractivity contribution in [1.29, 1.82) is 0 Å². The lowest BCUT2D eigenvalue weighted by Gasteiger charge is -2.15. The summed E-state index contributed by atoms with van der Waals surface area (Å²) in [6.07, 6.45) is -3.29. The van der Waals surface area contributed by atoms with Gasteiger partial charge in [0.05, 0.1) is 0 Å². The molecule has 0 aliphatic rings. The lowest BCUT2D eigenvalue weighted by molar-refractivity contribution is -0.106. The van der Waals surface area contributed by atoms with Crippen molar-refractivity contribution in [2.24, 2.45) is 10.7 Å². The van der Waals surface area contributed by atoms with Crippen molar-refractivity contribution in [2.45, 2.75) is 18.0 Å². The van der Waals surface area contributed by atoms with Crippen LogP contribution in [0.15, 0.2) is 40.4 Å². The molecule has 2 aromatic rings. The number of alkyl halides is 3. The number of halogens is 5. The summed E-state index contributed by atoms with van der Waals surface area (Å²) in [5.41, 5.74) is 5.92. The zero-order valence-corrected chi connectivity index (χ0v) is 14.3. The number of pyridine rings is 1. The normalized spacial score (nSPS) is 13.8. The summed E-state index contributed by atoms with van der Waals surface area (Å²) in [6.45, 7) is 1.37. The molecule has 0 aliphatic heterocycles. The second kappa shape index (κ2) is 7.59. The predicted octanol–water partition coefficient (Wildman–Crippen LogP) is 3.89. The fraction of sp³-hybridized carbons (Fsp3) is 0.200. The molecule has 0 saturated carbocycles. The van der Waals surface area contributed by atoms with E-state index in [-0.39, 0.29) is 27.1 Å². The molecule has 2 N–H and O–H groups in total. The number of hydrogen-bond acceptors (Lipinski definition) is 3. The average Bonchev–Trinajstić information content (AvgIpc) is 2.48. The summed E-state index contributed by atoms with van der Waals surface area (Å²) in [6, 6.07) is 4.93. The van der Waals surface area contributed by atoms with E-state index in [9.17, 15) is 22.1 Å². The molecular weight excluding hydrogens is 382 g/mol. The highest BCUT2D eigenvalue weighted by molar-refractivity contribution is 7.91. The standard InChI is InChI=1S/C15H12ClF4N3OS/c1-8-4-10(17)11(5-12(8)25(24)7-15(18,19)20)23-14(21)9-2-3-13(16)22-6-9/h2-6H,7H2,1H3,(H2,21,23). The molecule has 10 heteroatoms. The Labute approximate surface area is 148 Å². The number of aliphatic imine (C=N–C) groups is 1. The Morgan fingerprint density at radius 3 is 2.60 bits per heavy atom. The van der Waals surface area contributed by atoms with E-state index in [1.807, 2.05) is 0 Å². The average molecular weight is 394 g/mol. The summed E-state index contributed by atoms with van der Waals surface area (Å²) in [7, 11) is 0. The van der Waals surface area contributed by atoms with Gasteiger partial charge in [0.2, 0.25) is 5.75 Å². The van der Waals surface area contributed by atoms with Crippen LogP contribution in [-0.2, 0) is 11.2 Å². The van der Waals surface area contributed by atoms with Gasteiger partial charge < -0.3 is 10.3 Å². The lowest BCUT2D eigenvalue weighted by Crippen LogP contribution is -2.23. The highest BCUT2D eigenvalue weighted by Gasteiger charge is 2.36. The van der Waals surface area contributed by atoms with Crippen LogP contribution in [0.3, 0.4) is 0 Å². The van der Waals surface area contributed by atoms with Crippen molar-refractivity contribution in [3.05, 3.63) is 52.6 Å². The first-order valence-electron chi connectivity index (χ1n) is 6.78. The number of benzene rings is 1. The molecule has 4 nitrogen and oxygen atoms in total. The van der Waals surface area contributed by atoms with E-state index in [2.05, 4.69) is 9.98 Å². The molecule has 1 unspecified atom stereocenters. The molecule has 0 radical (unpaired) electrons. The van der Waals surface area contributed by atoms with E-state index in [0.717, 1.165) is 12.1 Å². The summed E-state index contributed by atoms with van der Waals surface area (Å²) in [4.78, 5) is 7.51. The van der Waals surface area contributed by atoms with Crippen molar-refractivity contribution in [1.82, 2.24) is 4.98 Å². The molecule has 0 spiro atoms. The summed E-state index contributed by atoms with van der Waals surface area (Å²) in [5, 5.41) is 0.225. The Morgan fingerprint density at radius 2 is 2.04 bits per heavy atom. The number of amidine groups is 1. The van der Waals surface area contributed by atoms with Crippen molar-refractivity contribution >= 4 is 34.3 Å². The Morgan fingerprint density at radius 1 is 1.36 bits per heavy atom. The first-order valence-corrected chi connectivity index (χ1v) is 8.48. The van der Waals surface area contributed by atoms with Crippen LogP contribution in [0.5, 0.6) is 0 Å². The van der Waals surface area contributed by atoms with E-state index in [1.54, 1.807) is 0 Å². The van der Waals surface area contributed by atoms with Gasteiger partial charge in [0.25, 0.3) is 0 Å². The molecule has 0 amide bonds. The van der Waals surface area contributed by atoms with Gasteiger partial charge in [0.15, 0.2) is 4.90 Å². The number of hydrogen-bond donors (Lipinski definition) is 1. The van der Waals surface area contributed by atoms with Crippen molar-refractivity contribution in [3.8, 4) is 0 Å². The number of nitrogens with zero attached hydrogens (tertiary/aromatic N) is 2. The molecule has 0 bridgehead atoms. The van der Waals surface area contributed by atoms with Crippen molar-refractivity contribution in [2.75, 3.05) is 5.75 Å². The highest BCUT2D eigenvalue weighted by atomic mass is 35.5. The minimum atomic E-state index is -4.61. The first-order chi connectivity index (χ1) is 11.6.